The lowest BCUT2D eigenvalue weighted by Crippen LogP contribution is -1.94. The van der Waals surface area contributed by atoms with Crippen LogP contribution in [0, 0.1) is 5.92 Å². The molecule has 1 unspecified atom stereocenters. The highest BCUT2D eigenvalue weighted by Gasteiger charge is 2.35. The second kappa shape index (κ2) is 1.84. The molecule has 0 radical (unpaired) electrons. The highest BCUT2D eigenvalue weighted by Crippen LogP contribution is 2.31. The van der Waals surface area contributed by atoms with E-state index in [1.807, 2.05) is 0 Å². The van der Waals surface area contributed by atoms with E-state index in [-0.39, 0.29) is 0 Å². The summed E-state index contributed by atoms with van der Waals surface area (Å²) < 4.78 is 19.7. The zero-order chi connectivity index (χ0) is 5.28. The smallest absolute Gasteiger partial charge is 0.151 e. The van der Waals surface area contributed by atoms with Gasteiger partial charge in [-0.2, -0.15) is 0 Å². The van der Waals surface area contributed by atoms with E-state index in [4.69, 9.17) is 0 Å². The molecule has 0 saturated heterocycles. The Bertz CT molecular complexity index is 87.7. The van der Waals surface area contributed by atoms with Crippen molar-refractivity contribution in [1.82, 2.24) is 0 Å². The van der Waals surface area contributed by atoms with Gasteiger partial charge in [0, 0.05) is 0 Å². The lowest BCUT2D eigenvalue weighted by Gasteiger charge is -1.92. The van der Waals surface area contributed by atoms with Gasteiger partial charge in [-0.05, 0) is 11.1 Å². The van der Waals surface area contributed by atoms with Gasteiger partial charge in [-0.3, -0.25) is 4.21 Å². The van der Waals surface area contributed by atoms with Gasteiger partial charge in [0.05, 0.1) is 0 Å². The molecule has 0 aromatic rings. The molecule has 0 heterocycles. The van der Waals surface area contributed by atoms with Crippen LogP contribution in [0.15, 0.2) is 0 Å². The van der Waals surface area contributed by atoms with Gasteiger partial charge in [0.2, 0.25) is 0 Å². The first-order chi connectivity index (χ1) is 3.29. The van der Waals surface area contributed by atoms with Crippen molar-refractivity contribution in [3.05, 3.63) is 5.92 Å². The minimum atomic E-state index is -1.82. The van der Waals surface area contributed by atoms with Gasteiger partial charge in [-0.1, -0.05) is 0 Å². The lowest BCUT2D eigenvalue weighted by molar-refractivity contribution is 0.538. The van der Waals surface area contributed by atoms with Crippen molar-refractivity contribution in [3.63, 3.8) is 0 Å². The van der Waals surface area contributed by atoms with Gasteiger partial charge in [-0.15, -0.1) is 0 Å². The molecular formula is C4H6O2S. The van der Waals surface area contributed by atoms with Crippen LogP contribution in [0.1, 0.15) is 12.8 Å². The first kappa shape index (κ1) is 5.12. The summed E-state index contributed by atoms with van der Waals surface area (Å²) >= 11 is -1.82. The summed E-state index contributed by atoms with van der Waals surface area (Å²) in [5.74, 6) is 1.48. The predicted octanol–water partition coefficient (Wildman–Crippen LogP) is 0.234. The van der Waals surface area contributed by atoms with Crippen molar-refractivity contribution < 1.29 is 8.76 Å². The summed E-state index contributed by atoms with van der Waals surface area (Å²) in [6.07, 6.45) is 2.07. The summed E-state index contributed by atoms with van der Waals surface area (Å²) in [5, 5.41) is 0. The van der Waals surface area contributed by atoms with Crippen LogP contribution in [0.25, 0.3) is 0 Å². The number of rotatable bonds is 2. The number of hydrogen-bond donors (Lipinski definition) is 0. The van der Waals surface area contributed by atoms with Crippen LogP contribution in [-0.2, 0) is 11.1 Å². The van der Waals surface area contributed by atoms with Gasteiger partial charge < -0.3 is 4.55 Å². The first-order valence-electron chi connectivity index (χ1n) is 2.18. The molecule has 3 heteroatoms. The second-order valence-corrected chi connectivity index (χ2v) is 2.59. The fourth-order valence-corrected chi connectivity index (χ4v) is 1.02. The van der Waals surface area contributed by atoms with Gasteiger partial charge in [0.1, 0.15) is 18.8 Å². The van der Waals surface area contributed by atoms with Crippen molar-refractivity contribution in [2.75, 3.05) is 5.75 Å². The Balaban J connectivity index is 2.08. The molecule has 0 amide bonds. The maximum absolute atomic E-state index is 9.83. The summed E-state index contributed by atoms with van der Waals surface area (Å²) in [7, 11) is 0. The van der Waals surface area contributed by atoms with E-state index in [0.29, 0.717) is 5.75 Å². The largest absolute Gasteiger partial charge is 0.769 e. The minimum Gasteiger partial charge on any atom is -0.769 e. The molecule has 1 fully saturated rings. The molecule has 1 atom stereocenters. The zero-order valence-electron chi connectivity index (χ0n) is 3.85. The van der Waals surface area contributed by atoms with E-state index in [0.717, 1.165) is 12.8 Å². The van der Waals surface area contributed by atoms with Crippen molar-refractivity contribution in [3.8, 4) is 0 Å². The van der Waals surface area contributed by atoms with Crippen LogP contribution >= 0.6 is 0 Å². The molecule has 1 rings (SSSR count). The Labute approximate surface area is 45.2 Å². The Kier molecular flexibility index (Phi) is 1.35. The van der Waals surface area contributed by atoms with Gasteiger partial charge in [0.25, 0.3) is 0 Å². The van der Waals surface area contributed by atoms with Gasteiger partial charge in [-0.25, -0.2) is 0 Å². The van der Waals surface area contributed by atoms with Crippen LogP contribution < -0.4 is 0 Å². The third kappa shape index (κ3) is 1.94. The fraction of sp³-hybridized carbons (Fsp3) is 0.750. The van der Waals surface area contributed by atoms with E-state index in [2.05, 4.69) is 0 Å². The predicted molar refractivity (Wildman–Crippen MR) is 26.3 cm³/mol. The quantitative estimate of drug-likeness (QED) is 0.384. The lowest BCUT2D eigenvalue weighted by atomic mass is 10.5. The Hall–Kier alpha value is -0.0200. The van der Waals surface area contributed by atoms with Crippen molar-refractivity contribution >= 4 is 11.1 Å². The SMILES string of the molecule is O=S([O-])C[C+]1CC1. The Morgan fingerprint density at radius 3 is 2.43 bits per heavy atom. The Morgan fingerprint density at radius 1 is 1.71 bits per heavy atom. The molecule has 7 heavy (non-hydrogen) atoms. The number of hydrogen-bond acceptors (Lipinski definition) is 2. The van der Waals surface area contributed by atoms with E-state index in [1.54, 1.807) is 0 Å². The van der Waals surface area contributed by atoms with E-state index < -0.39 is 11.1 Å². The third-order valence-electron chi connectivity index (χ3n) is 0.926. The van der Waals surface area contributed by atoms with E-state index in [1.165, 1.54) is 5.92 Å². The molecule has 0 aromatic heterocycles. The van der Waals surface area contributed by atoms with Gasteiger partial charge in [0.15, 0.2) is 5.75 Å². The van der Waals surface area contributed by atoms with Crippen LogP contribution in [0.3, 0.4) is 0 Å². The van der Waals surface area contributed by atoms with E-state index in [9.17, 15) is 8.76 Å². The average Bonchev–Trinajstić information content (AvgIpc) is 2.17. The maximum atomic E-state index is 9.83. The molecule has 1 saturated carbocycles. The normalized spacial score (nSPS) is 22.1. The standard InChI is InChI=1S/C4H6O2S/c5-7(6)3-4-1-2-4/h1-3H2. The Morgan fingerprint density at radius 2 is 2.29 bits per heavy atom. The van der Waals surface area contributed by atoms with Crippen LogP contribution in [0.5, 0.6) is 0 Å². The molecule has 1 aliphatic carbocycles. The first-order valence-corrected chi connectivity index (χ1v) is 3.43. The summed E-state index contributed by atoms with van der Waals surface area (Å²) in [4.78, 5) is 0. The van der Waals surface area contributed by atoms with Crippen molar-refractivity contribution in [2.45, 2.75) is 12.8 Å². The highest BCUT2D eigenvalue weighted by molar-refractivity contribution is 7.79. The molecule has 1 aliphatic rings. The minimum absolute atomic E-state index is 0.306. The molecule has 0 N–H and O–H groups in total. The second-order valence-electron chi connectivity index (χ2n) is 1.70. The monoisotopic (exact) mass is 118 g/mol. The summed E-state index contributed by atoms with van der Waals surface area (Å²) in [6, 6.07) is 0. The molecular weight excluding hydrogens is 112 g/mol. The summed E-state index contributed by atoms with van der Waals surface area (Å²) in [6.45, 7) is 0. The molecule has 0 spiro atoms. The molecule has 0 aliphatic heterocycles. The van der Waals surface area contributed by atoms with Crippen molar-refractivity contribution in [1.29, 1.82) is 0 Å². The third-order valence-corrected chi connectivity index (χ3v) is 1.57. The molecule has 0 bridgehead atoms. The van der Waals surface area contributed by atoms with Crippen LogP contribution in [-0.4, -0.2) is 14.5 Å². The molecule has 2 nitrogen and oxygen atoms in total. The summed E-state index contributed by atoms with van der Waals surface area (Å²) in [5.41, 5.74) is 0. The van der Waals surface area contributed by atoms with Crippen molar-refractivity contribution in [2.24, 2.45) is 0 Å². The fourth-order valence-electron chi connectivity index (χ4n) is 0.399. The zero-order valence-corrected chi connectivity index (χ0v) is 4.66. The van der Waals surface area contributed by atoms with Crippen LogP contribution in [0.4, 0.5) is 0 Å². The molecule has 40 valence electrons. The highest BCUT2D eigenvalue weighted by atomic mass is 32.2. The molecule has 0 aromatic carbocycles. The van der Waals surface area contributed by atoms with Gasteiger partial charge >= 0.3 is 0 Å². The maximum Gasteiger partial charge on any atom is 0.151 e. The average molecular weight is 118 g/mol. The topological polar surface area (TPSA) is 40.1 Å². The van der Waals surface area contributed by atoms with E-state index >= 15 is 0 Å². The van der Waals surface area contributed by atoms with Crippen LogP contribution in [0.2, 0.25) is 0 Å².